The molecule has 2 amide bonds. The van der Waals surface area contributed by atoms with E-state index in [4.69, 9.17) is 0 Å². The van der Waals surface area contributed by atoms with Gasteiger partial charge >= 0.3 is 0 Å². The number of hydrogen-bond donors (Lipinski definition) is 2. The molecule has 0 saturated carbocycles. The van der Waals surface area contributed by atoms with Gasteiger partial charge in [-0.25, -0.2) is 4.39 Å². The van der Waals surface area contributed by atoms with Crippen LogP contribution in [0.2, 0.25) is 0 Å². The standard InChI is InChI=1S/C17H17FN2O2S/c1-2-16(21)19-13-4-3-5-14(10-13)20-17(22)11-23-15-8-6-12(18)7-9-15/h3-10H,2,11H2,1H3,(H,19,21)(H,20,22). The van der Waals surface area contributed by atoms with Crippen LogP contribution in [0.5, 0.6) is 0 Å². The molecule has 2 N–H and O–H groups in total. The fraction of sp³-hybridized carbons (Fsp3) is 0.176. The Kier molecular flexibility index (Phi) is 6.17. The highest BCUT2D eigenvalue weighted by Crippen LogP contribution is 2.19. The number of anilines is 2. The summed E-state index contributed by atoms with van der Waals surface area (Å²) in [4.78, 5) is 24.1. The first-order chi connectivity index (χ1) is 11.1. The molecule has 4 nitrogen and oxygen atoms in total. The van der Waals surface area contributed by atoms with E-state index in [1.807, 2.05) is 0 Å². The summed E-state index contributed by atoms with van der Waals surface area (Å²) >= 11 is 1.33. The molecule has 0 atom stereocenters. The third-order valence-electron chi connectivity index (χ3n) is 2.93. The summed E-state index contributed by atoms with van der Waals surface area (Å²) in [5.74, 6) is -0.333. The van der Waals surface area contributed by atoms with Crippen LogP contribution in [0.3, 0.4) is 0 Å². The molecule has 2 aromatic rings. The molecule has 0 fully saturated rings. The lowest BCUT2D eigenvalue weighted by atomic mass is 10.2. The van der Waals surface area contributed by atoms with E-state index in [0.717, 1.165) is 4.90 Å². The zero-order chi connectivity index (χ0) is 16.7. The Morgan fingerprint density at radius 1 is 1.00 bits per heavy atom. The lowest BCUT2D eigenvalue weighted by molar-refractivity contribution is -0.116. The van der Waals surface area contributed by atoms with Crippen molar-refractivity contribution in [3.8, 4) is 0 Å². The number of halogens is 1. The van der Waals surface area contributed by atoms with Crippen molar-refractivity contribution in [2.24, 2.45) is 0 Å². The van der Waals surface area contributed by atoms with Gasteiger partial charge in [-0.05, 0) is 42.5 Å². The molecule has 0 bridgehead atoms. The van der Waals surface area contributed by atoms with Gasteiger partial charge in [0.2, 0.25) is 11.8 Å². The van der Waals surface area contributed by atoms with Gasteiger partial charge in [-0.3, -0.25) is 9.59 Å². The largest absolute Gasteiger partial charge is 0.326 e. The van der Waals surface area contributed by atoms with E-state index < -0.39 is 0 Å². The summed E-state index contributed by atoms with van der Waals surface area (Å²) in [6, 6.07) is 13.0. The molecular weight excluding hydrogens is 315 g/mol. The Hall–Kier alpha value is -2.34. The average molecular weight is 332 g/mol. The Morgan fingerprint density at radius 2 is 1.61 bits per heavy atom. The van der Waals surface area contributed by atoms with E-state index >= 15 is 0 Å². The summed E-state index contributed by atoms with van der Waals surface area (Å²) in [6.07, 6.45) is 0.394. The number of carbonyl (C=O) groups is 2. The van der Waals surface area contributed by atoms with E-state index in [9.17, 15) is 14.0 Å². The normalized spacial score (nSPS) is 10.2. The average Bonchev–Trinajstić information content (AvgIpc) is 2.54. The summed E-state index contributed by atoms with van der Waals surface area (Å²) in [6.45, 7) is 1.77. The second kappa shape index (κ2) is 8.33. The van der Waals surface area contributed by atoms with E-state index in [-0.39, 0.29) is 23.4 Å². The maximum atomic E-state index is 12.8. The monoisotopic (exact) mass is 332 g/mol. The minimum Gasteiger partial charge on any atom is -0.326 e. The van der Waals surface area contributed by atoms with Crippen molar-refractivity contribution in [2.75, 3.05) is 16.4 Å². The number of thioether (sulfide) groups is 1. The number of hydrogen-bond acceptors (Lipinski definition) is 3. The molecule has 2 rings (SSSR count). The van der Waals surface area contributed by atoms with Crippen molar-refractivity contribution in [1.29, 1.82) is 0 Å². The van der Waals surface area contributed by atoms with E-state index in [2.05, 4.69) is 10.6 Å². The lowest BCUT2D eigenvalue weighted by Crippen LogP contribution is -2.14. The van der Waals surface area contributed by atoms with Crippen LogP contribution in [0.25, 0.3) is 0 Å². The highest BCUT2D eigenvalue weighted by molar-refractivity contribution is 8.00. The molecule has 0 aliphatic carbocycles. The number of carbonyl (C=O) groups excluding carboxylic acids is 2. The van der Waals surface area contributed by atoms with E-state index in [0.29, 0.717) is 17.8 Å². The number of rotatable bonds is 6. The molecule has 2 aromatic carbocycles. The topological polar surface area (TPSA) is 58.2 Å². The Morgan fingerprint density at radius 3 is 2.22 bits per heavy atom. The first-order valence-corrected chi connectivity index (χ1v) is 8.13. The van der Waals surface area contributed by atoms with Gasteiger partial charge in [0, 0.05) is 22.7 Å². The summed E-state index contributed by atoms with van der Waals surface area (Å²) < 4.78 is 12.8. The first kappa shape index (κ1) is 17.0. The maximum Gasteiger partial charge on any atom is 0.234 e. The third kappa shape index (κ3) is 5.75. The molecule has 120 valence electrons. The zero-order valence-corrected chi connectivity index (χ0v) is 13.5. The highest BCUT2D eigenvalue weighted by atomic mass is 32.2. The quantitative estimate of drug-likeness (QED) is 0.789. The summed E-state index contributed by atoms with van der Waals surface area (Å²) in [7, 11) is 0. The Bertz CT molecular complexity index is 689. The van der Waals surface area contributed by atoms with Gasteiger partial charge in [0.25, 0.3) is 0 Å². The molecule has 0 saturated heterocycles. The van der Waals surface area contributed by atoms with Crippen LogP contribution in [0.15, 0.2) is 53.4 Å². The fourth-order valence-electron chi connectivity index (χ4n) is 1.80. The zero-order valence-electron chi connectivity index (χ0n) is 12.6. The molecule has 23 heavy (non-hydrogen) atoms. The minimum absolute atomic E-state index is 0.0830. The van der Waals surface area contributed by atoms with Gasteiger partial charge in [0.1, 0.15) is 5.82 Å². The third-order valence-corrected chi connectivity index (χ3v) is 3.95. The molecule has 6 heteroatoms. The number of amides is 2. The molecule has 0 unspecified atom stereocenters. The second-order valence-electron chi connectivity index (χ2n) is 4.77. The molecule has 0 radical (unpaired) electrons. The molecule has 0 spiro atoms. The van der Waals surface area contributed by atoms with Crippen LogP contribution in [0, 0.1) is 5.82 Å². The van der Waals surface area contributed by atoms with Gasteiger partial charge in [-0.1, -0.05) is 13.0 Å². The van der Waals surface area contributed by atoms with Crippen molar-refractivity contribution in [3.05, 3.63) is 54.3 Å². The summed E-state index contributed by atoms with van der Waals surface area (Å²) in [5.41, 5.74) is 1.25. The number of benzene rings is 2. The predicted octanol–water partition coefficient (Wildman–Crippen LogP) is 3.91. The van der Waals surface area contributed by atoms with Gasteiger partial charge in [-0.2, -0.15) is 0 Å². The van der Waals surface area contributed by atoms with Crippen molar-refractivity contribution in [1.82, 2.24) is 0 Å². The maximum absolute atomic E-state index is 12.8. The molecule has 0 heterocycles. The molecule has 0 aliphatic rings. The van der Waals surface area contributed by atoms with Gasteiger partial charge in [0.05, 0.1) is 5.75 Å². The van der Waals surface area contributed by atoms with Gasteiger partial charge in [-0.15, -0.1) is 11.8 Å². The van der Waals surface area contributed by atoms with Crippen LogP contribution in [0.4, 0.5) is 15.8 Å². The highest BCUT2D eigenvalue weighted by Gasteiger charge is 2.05. The van der Waals surface area contributed by atoms with Crippen molar-refractivity contribution < 1.29 is 14.0 Å². The van der Waals surface area contributed by atoms with E-state index in [1.54, 1.807) is 43.3 Å². The van der Waals surface area contributed by atoms with E-state index in [1.165, 1.54) is 23.9 Å². The van der Waals surface area contributed by atoms with Crippen molar-refractivity contribution in [2.45, 2.75) is 18.2 Å². The van der Waals surface area contributed by atoms with Crippen LogP contribution in [-0.2, 0) is 9.59 Å². The summed E-state index contributed by atoms with van der Waals surface area (Å²) in [5, 5.41) is 5.51. The second-order valence-corrected chi connectivity index (χ2v) is 5.82. The van der Waals surface area contributed by atoms with Crippen LogP contribution in [-0.4, -0.2) is 17.6 Å². The molecule has 0 aliphatic heterocycles. The van der Waals surface area contributed by atoms with Crippen LogP contribution in [0.1, 0.15) is 13.3 Å². The Balaban J connectivity index is 1.88. The minimum atomic E-state index is -0.301. The van der Waals surface area contributed by atoms with Crippen molar-refractivity contribution in [3.63, 3.8) is 0 Å². The smallest absolute Gasteiger partial charge is 0.234 e. The van der Waals surface area contributed by atoms with Gasteiger partial charge < -0.3 is 10.6 Å². The Labute approximate surface area is 138 Å². The SMILES string of the molecule is CCC(=O)Nc1cccc(NC(=O)CSc2ccc(F)cc2)c1. The first-order valence-electron chi connectivity index (χ1n) is 7.15. The van der Waals surface area contributed by atoms with Crippen LogP contribution < -0.4 is 10.6 Å². The molecule has 0 aromatic heterocycles. The van der Waals surface area contributed by atoms with Crippen molar-refractivity contribution >= 4 is 35.0 Å². The lowest BCUT2D eigenvalue weighted by Gasteiger charge is -2.08. The predicted molar refractivity (Wildman–Crippen MR) is 91.1 cm³/mol. The van der Waals surface area contributed by atoms with Crippen LogP contribution >= 0.6 is 11.8 Å². The molecular formula is C17H17FN2O2S. The number of nitrogens with one attached hydrogen (secondary N) is 2. The van der Waals surface area contributed by atoms with Gasteiger partial charge in [0.15, 0.2) is 0 Å². The fourth-order valence-corrected chi connectivity index (χ4v) is 2.50.